The van der Waals surface area contributed by atoms with Crippen molar-refractivity contribution >= 4 is 34.7 Å². The van der Waals surface area contributed by atoms with E-state index in [1.807, 2.05) is 19.9 Å². The molecule has 0 fully saturated rings. The van der Waals surface area contributed by atoms with Gasteiger partial charge in [0.05, 0.1) is 24.5 Å². The van der Waals surface area contributed by atoms with E-state index in [-0.39, 0.29) is 5.76 Å². The Labute approximate surface area is 185 Å². The predicted octanol–water partition coefficient (Wildman–Crippen LogP) is 5.21. The largest absolute Gasteiger partial charge is 0.494 e. The van der Waals surface area contributed by atoms with Gasteiger partial charge in [-0.15, -0.1) is 0 Å². The smallest absolute Gasteiger partial charge is 0.307 e. The molecule has 1 heterocycles. The molecule has 0 radical (unpaired) electrons. The maximum Gasteiger partial charge on any atom is 0.307 e. The summed E-state index contributed by atoms with van der Waals surface area (Å²) in [6.45, 7) is 8.68. The van der Waals surface area contributed by atoms with Crippen molar-refractivity contribution in [3.63, 3.8) is 0 Å². The van der Waals surface area contributed by atoms with E-state index >= 15 is 0 Å². The molecule has 0 aliphatic heterocycles. The Morgan fingerprint density at radius 3 is 2.71 bits per heavy atom. The molecule has 1 aromatic heterocycles. The molecule has 1 N–H and O–H groups in total. The molecule has 0 spiro atoms. The van der Waals surface area contributed by atoms with Crippen molar-refractivity contribution in [1.82, 2.24) is 5.43 Å². The van der Waals surface area contributed by atoms with Gasteiger partial charge in [-0.3, -0.25) is 4.79 Å². The minimum atomic E-state index is -0.479. The lowest BCUT2D eigenvalue weighted by atomic mass is 10.2. The predicted molar refractivity (Wildman–Crippen MR) is 121 cm³/mol. The first kappa shape index (κ1) is 22.2. The third-order valence-corrected chi connectivity index (χ3v) is 4.36. The van der Waals surface area contributed by atoms with Crippen LogP contribution in [0, 0.1) is 0 Å². The molecule has 31 heavy (non-hydrogen) atoms. The SMILES string of the molecule is C=CCOc1c(Cl)cc(/C=N/NC(=O)c2cc3cc(OCC)ccc3o2)cc1OCC. The van der Waals surface area contributed by atoms with E-state index in [0.717, 1.165) is 5.39 Å². The summed E-state index contributed by atoms with van der Waals surface area (Å²) in [5.41, 5.74) is 3.66. The van der Waals surface area contributed by atoms with E-state index < -0.39 is 5.91 Å². The first-order chi connectivity index (χ1) is 15.0. The summed E-state index contributed by atoms with van der Waals surface area (Å²) in [5.74, 6) is 1.28. The average Bonchev–Trinajstić information content (AvgIpc) is 3.17. The van der Waals surface area contributed by atoms with Crippen molar-refractivity contribution in [2.24, 2.45) is 5.10 Å². The lowest BCUT2D eigenvalue weighted by Gasteiger charge is -2.13. The second-order valence-corrected chi connectivity index (χ2v) is 6.71. The van der Waals surface area contributed by atoms with E-state index in [0.29, 0.717) is 53.2 Å². The van der Waals surface area contributed by atoms with Crippen molar-refractivity contribution in [3.8, 4) is 17.2 Å². The number of amides is 1. The standard InChI is InChI=1S/C23H23ClN2O5/c1-4-9-30-22-18(24)10-15(11-20(22)29-6-3)14-25-26-23(27)21-13-16-12-17(28-5-2)7-8-19(16)31-21/h4,7-8,10-14H,1,5-6,9H2,2-3H3,(H,26,27)/b25-14+. The molecule has 3 rings (SSSR count). The second kappa shape index (κ2) is 10.5. The van der Waals surface area contributed by atoms with Gasteiger partial charge in [0.1, 0.15) is 17.9 Å². The number of benzene rings is 2. The highest BCUT2D eigenvalue weighted by molar-refractivity contribution is 6.32. The number of halogens is 1. The molecular weight excluding hydrogens is 420 g/mol. The van der Waals surface area contributed by atoms with Crippen LogP contribution in [-0.2, 0) is 0 Å². The van der Waals surface area contributed by atoms with E-state index in [9.17, 15) is 4.79 Å². The van der Waals surface area contributed by atoms with E-state index in [4.69, 9.17) is 30.2 Å². The molecule has 162 valence electrons. The molecule has 0 bridgehead atoms. The minimum absolute atomic E-state index is 0.141. The van der Waals surface area contributed by atoms with E-state index in [1.165, 1.54) is 6.21 Å². The third-order valence-electron chi connectivity index (χ3n) is 4.08. The Morgan fingerprint density at radius 1 is 1.16 bits per heavy atom. The highest BCUT2D eigenvalue weighted by atomic mass is 35.5. The van der Waals surface area contributed by atoms with Gasteiger partial charge in [0.2, 0.25) is 0 Å². The zero-order valence-electron chi connectivity index (χ0n) is 17.3. The number of carbonyl (C=O) groups is 1. The molecule has 7 nitrogen and oxygen atoms in total. The van der Waals surface area contributed by atoms with Crippen LogP contribution >= 0.6 is 11.6 Å². The second-order valence-electron chi connectivity index (χ2n) is 6.31. The number of hydrogen-bond donors (Lipinski definition) is 1. The molecule has 0 unspecified atom stereocenters. The molecule has 8 heteroatoms. The van der Waals surface area contributed by atoms with Crippen LogP contribution in [0.3, 0.4) is 0 Å². The van der Waals surface area contributed by atoms with Gasteiger partial charge in [-0.2, -0.15) is 5.10 Å². The molecule has 1 amide bonds. The van der Waals surface area contributed by atoms with Gasteiger partial charge < -0.3 is 18.6 Å². The van der Waals surface area contributed by atoms with Crippen LogP contribution < -0.4 is 19.6 Å². The molecule has 0 aliphatic rings. The molecule has 0 saturated carbocycles. The summed E-state index contributed by atoms with van der Waals surface area (Å²) in [7, 11) is 0. The summed E-state index contributed by atoms with van der Waals surface area (Å²) in [6.07, 6.45) is 3.08. The summed E-state index contributed by atoms with van der Waals surface area (Å²) in [5, 5.41) is 5.12. The monoisotopic (exact) mass is 442 g/mol. The number of hydrogen-bond acceptors (Lipinski definition) is 6. The van der Waals surface area contributed by atoms with Gasteiger partial charge in [0.25, 0.3) is 0 Å². The van der Waals surface area contributed by atoms with Crippen molar-refractivity contribution in [1.29, 1.82) is 0 Å². The zero-order chi connectivity index (χ0) is 22.2. The molecular formula is C23H23ClN2O5. The average molecular weight is 443 g/mol. The van der Waals surface area contributed by atoms with Gasteiger partial charge in [-0.05, 0) is 55.8 Å². The van der Waals surface area contributed by atoms with Gasteiger partial charge in [-0.1, -0.05) is 24.3 Å². The first-order valence-electron chi connectivity index (χ1n) is 9.75. The molecule has 0 atom stereocenters. The van der Waals surface area contributed by atoms with Crippen LogP contribution in [0.2, 0.25) is 5.02 Å². The molecule has 3 aromatic rings. The molecule has 0 aliphatic carbocycles. The number of nitrogens with zero attached hydrogens (tertiary/aromatic N) is 1. The summed E-state index contributed by atoms with van der Waals surface area (Å²) >= 11 is 6.31. The third kappa shape index (κ3) is 5.58. The Morgan fingerprint density at radius 2 is 1.97 bits per heavy atom. The fourth-order valence-electron chi connectivity index (χ4n) is 2.82. The summed E-state index contributed by atoms with van der Waals surface area (Å²) in [6, 6.07) is 10.4. The molecule has 0 saturated heterocycles. The van der Waals surface area contributed by atoms with E-state index in [1.54, 1.807) is 36.4 Å². The fourth-order valence-corrected chi connectivity index (χ4v) is 3.09. The maximum absolute atomic E-state index is 12.4. The number of hydrazone groups is 1. The first-order valence-corrected chi connectivity index (χ1v) is 10.1. The van der Waals surface area contributed by atoms with Crippen LogP contribution in [0.15, 0.2) is 58.6 Å². The van der Waals surface area contributed by atoms with Crippen LogP contribution in [0.25, 0.3) is 11.0 Å². The van der Waals surface area contributed by atoms with Crippen molar-refractivity contribution in [3.05, 3.63) is 65.4 Å². The summed E-state index contributed by atoms with van der Waals surface area (Å²) < 4.78 is 22.2. The van der Waals surface area contributed by atoms with Crippen LogP contribution in [0.1, 0.15) is 30.0 Å². The van der Waals surface area contributed by atoms with Gasteiger partial charge in [-0.25, -0.2) is 5.43 Å². The normalized spacial score (nSPS) is 10.9. The lowest BCUT2D eigenvalue weighted by molar-refractivity contribution is 0.0929. The Bertz CT molecular complexity index is 1110. The maximum atomic E-state index is 12.4. The zero-order valence-corrected chi connectivity index (χ0v) is 18.1. The van der Waals surface area contributed by atoms with Crippen LogP contribution in [0.4, 0.5) is 0 Å². The Kier molecular flexibility index (Phi) is 7.56. The number of ether oxygens (including phenoxy) is 3. The van der Waals surface area contributed by atoms with Gasteiger partial charge in [0, 0.05) is 5.39 Å². The van der Waals surface area contributed by atoms with Crippen LogP contribution in [-0.4, -0.2) is 31.9 Å². The highest BCUT2D eigenvalue weighted by Crippen LogP contribution is 2.36. The summed E-state index contributed by atoms with van der Waals surface area (Å²) in [4.78, 5) is 12.4. The number of carbonyl (C=O) groups excluding carboxylic acids is 1. The number of nitrogens with one attached hydrogen (secondary N) is 1. The highest BCUT2D eigenvalue weighted by Gasteiger charge is 2.14. The van der Waals surface area contributed by atoms with Gasteiger partial charge >= 0.3 is 5.91 Å². The quantitative estimate of drug-likeness (QED) is 0.264. The van der Waals surface area contributed by atoms with E-state index in [2.05, 4.69) is 17.1 Å². The Hall–Kier alpha value is -3.45. The van der Waals surface area contributed by atoms with Crippen molar-refractivity contribution in [2.75, 3.05) is 19.8 Å². The fraction of sp³-hybridized carbons (Fsp3) is 0.217. The number of rotatable bonds is 10. The van der Waals surface area contributed by atoms with Crippen LogP contribution in [0.5, 0.6) is 17.2 Å². The topological polar surface area (TPSA) is 82.3 Å². The molecule has 2 aromatic carbocycles. The number of fused-ring (bicyclic) bond motifs is 1. The van der Waals surface area contributed by atoms with Crippen molar-refractivity contribution in [2.45, 2.75) is 13.8 Å². The number of furan rings is 1. The van der Waals surface area contributed by atoms with Gasteiger partial charge in [0.15, 0.2) is 17.3 Å². The van der Waals surface area contributed by atoms with Crippen molar-refractivity contribution < 1.29 is 23.4 Å². The minimum Gasteiger partial charge on any atom is -0.494 e. The lowest BCUT2D eigenvalue weighted by Crippen LogP contribution is -2.16. The Balaban J connectivity index is 1.72.